The molecule has 2 aromatic carbocycles. The van der Waals surface area contributed by atoms with Crippen LogP contribution in [0.1, 0.15) is 35.7 Å². The first kappa shape index (κ1) is 17.0. The van der Waals surface area contributed by atoms with Gasteiger partial charge in [-0.25, -0.2) is 0 Å². The van der Waals surface area contributed by atoms with Crippen molar-refractivity contribution in [2.75, 3.05) is 18.5 Å². The van der Waals surface area contributed by atoms with Gasteiger partial charge in [0.2, 0.25) is 0 Å². The Kier molecular flexibility index (Phi) is 4.74. The van der Waals surface area contributed by atoms with Crippen LogP contribution in [0.25, 0.3) is 0 Å². The summed E-state index contributed by atoms with van der Waals surface area (Å²) in [7, 11) is 1.71. The summed E-state index contributed by atoms with van der Waals surface area (Å²) in [4.78, 5) is 26.3. The van der Waals surface area contributed by atoms with Crippen molar-refractivity contribution in [3.05, 3.63) is 59.7 Å². The van der Waals surface area contributed by atoms with Crippen molar-refractivity contribution < 1.29 is 14.3 Å². The fraction of sp³-hybridized carbons (Fsp3) is 0.300. The summed E-state index contributed by atoms with van der Waals surface area (Å²) < 4.78 is 5.75. The first-order valence-corrected chi connectivity index (χ1v) is 8.39. The minimum absolute atomic E-state index is 0.127. The zero-order valence-corrected chi connectivity index (χ0v) is 14.7. The zero-order valence-electron chi connectivity index (χ0n) is 14.7. The second-order valence-electron chi connectivity index (χ2n) is 6.46. The standard InChI is InChI=1S/C20H22N2O3/c1-13(2)14-8-10-15(11-9-14)19(23)21-12-18-20(24)22(3)16-6-4-5-7-17(16)25-18/h4-11,13,18H,12H2,1-3H3,(H,21,23). The lowest BCUT2D eigenvalue weighted by atomic mass is 10.0. The van der Waals surface area contributed by atoms with Crippen LogP contribution in [0.15, 0.2) is 48.5 Å². The molecule has 0 saturated carbocycles. The Morgan fingerprint density at radius 2 is 1.84 bits per heavy atom. The summed E-state index contributed by atoms with van der Waals surface area (Å²) in [6.07, 6.45) is -0.723. The highest BCUT2D eigenvalue weighted by molar-refractivity contribution is 6.00. The topological polar surface area (TPSA) is 58.6 Å². The number of hydrogen-bond acceptors (Lipinski definition) is 3. The molecule has 2 amide bonds. The number of ether oxygens (including phenoxy) is 1. The molecule has 1 atom stereocenters. The van der Waals surface area contributed by atoms with Gasteiger partial charge in [0.1, 0.15) is 5.75 Å². The monoisotopic (exact) mass is 338 g/mol. The fourth-order valence-corrected chi connectivity index (χ4v) is 2.81. The lowest BCUT2D eigenvalue weighted by Gasteiger charge is -2.31. The van der Waals surface area contributed by atoms with E-state index in [0.717, 1.165) is 5.69 Å². The number of hydrogen-bond donors (Lipinski definition) is 1. The molecule has 0 aliphatic carbocycles. The maximum absolute atomic E-state index is 12.4. The summed E-state index contributed by atoms with van der Waals surface area (Å²) in [6.45, 7) is 4.34. The molecule has 0 bridgehead atoms. The molecule has 0 saturated heterocycles. The predicted octanol–water partition coefficient (Wildman–Crippen LogP) is 2.96. The molecule has 1 unspecified atom stereocenters. The van der Waals surface area contributed by atoms with Gasteiger partial charge in [0.25, 0.3) is 11.8 Å². The lowest BCUT2D eigenvalue weighted by Crippen LogP contribution is -2.49. The van der Waals surface area contributed by atoms with Crippen molar-refractivity contribution in [3.63, 3.8) is 0 Å². The van der Waals surface area contributed by atoms with Crippen LogP contribution in [-0.2, 0) is 4.79 Å². The van der Waals surface area contributed by atoms with Gasteiger partial charge < -0.3 is 15.0 Å². The molecule has 0 aromatic heterocycles. The molecule has 0 radical (unpaired) electrons. The van der Waals surface area contributed by atoms with E-state index < -0.39 is 6.10 Å². The number of amides is 2. The lowest BCUT2D eigenvalue weighted by molar-refractivity contribution is -0.125. The highest BCUT2D eigenvalue weighted by Crippen LogP contribution is 2.32. The molecule has 0 spiro atoms. The molecular weight excluding hydrogens is 316 g/mol. The van der Waals surface area contributed by atoms with Crippen LogP contribution in [0.4, 0.5) is 5.69 Å². The Hall–Kier alpha value is -2.82. The highest BCUT2D eigenvalue weighted by Gasteiger charge is 2.32. The third kappa shape index (κ3) is 3.50. The summed E-state index contributed by atoms with van der Waals surface area (Å²) >= 11 is 0. The summed E-state index contributed by atoms with van der Waals surface area (Å²) in [6, 6.07) is 14.9. The summed E-state index contributed by atoms with van der Waals surface area (Å²) in [5.74, 6) is 0.675. The van der Waals surface area contributed by atoms with Gasteiger partial charge in [-0.05, 0) is 35.7 Å². The van der Waals surface area contributed by atoms with Gasteiger partial charge in [0.05, 0.1) is 12.2 Å². The second kappa shape index (κ2) is 6.97. The Morgan fingerprint density at radius 3 is 2.52 bits per heavy atom. The molecule has 3 rings (SSSR count). The van der Waals surface area contributed by atoms with Crippen molar-refractivity contribution in [3.8, 4) is 5.75 Å². The van der Waals surface area contributed by atoms with Crippen molar-refractivity contribution >= 4 is 17.5 Å². The van der Waals surface area contributed by atoms with Crippen molar-refractivity contribution in [1.82, 2.24) is 5.32 Å². The van der Waals surface area contributed by atoms with Gasteiger partial charge >= 0.3 is 0 Å². The van der Waals surface area contributed by atoms with Gasteiger partial charge in [-0.3, -0.25) is 9.59 Å². The van der Waals surface area contributed by atoms with E-state index in [2.05, 4.69) is 19.2 Å². The maximum Gasteiger partial charge on any atom is 0.269 e. The number of likely N-dealkylation sites (N-methyl/N-ethyl adjacent to an activating group) is 1. The van der Waals surface area contributed by atoms with Crippen LogP contribution in [0, 0.1) is 0 Å². The summed E-state index contributed by atoms with van der Waals surface area (Å²) in [5, 5.41) is 2.79. The molecule has 1 heterocycles. The number of anilines is 1. The Morgan fingerprint density at radius 1 is 1.16 bits per heavy atom. The summed E-state index contributed by atoms with van der Waals surface area (Å²) in [5.41, 5.74) is 2.49. The van der Waals surface area contributed by atoms with Crippen LogP contribution in [0.3, 0.4) is 0 Å². The van der Waals surface area contributed by atoms with E-state index >= 15 is 0 Å². The molecule has 1 aliphatic rings. The number of benzene rings is 2. The predicted molar refractivity (Wildman–Crippen MR) is 97.1 cm³/mol. The average molecular weight is 338 g/mol. The van der Waals surface area contributed by atoms with E-state index in [4.69, 9.17) is 4.74 Å². The highest BCUT2D eigenvalue weighted by atomic mass is 16.5. The molecule has 0 fully saturated rings. The third-order valence-electron chi connectivity index (χ3n) is 4.39. The Labute approximate surface area is 147 Å². The van der Waals surface area contributed by atoms with Gasteiger partial charge in [0, 0.05) is 12.6 Å². The van der Waals surface area contributed by atoms with Crippen molar-refractivity contribution in [2.24, 2.45) is 0 Å². The number of nitrogens with zero attached hydrogens (tertiary/aromatic N) is 1. The quantitative estimate of drug-likeness (QED) is 0.932. The fourth-order valence-electron chi connectivity index (χ4n) is 2.81. The van der Waals surface area contributed by atoms with E-state index in [1.54, 1.807) is 24.1 Å². The Bertz CT molecular complexity index is 784. The molecule has 5 heteroatoms. The second-order valence-corrected chi connectivity index (χ2v) is 6.46. The average Bonchev–Trinajstić information content (AvgIpc) is 2.63. The molecule has 2 aromatic rings. The van der Waals surface area contributed by atoms with Crippen molar-refractivity contribution in [2.45, 2.75) is 25.9 Å². The van der Waals surface area contributed by atoms with Gasteiger partial charge in [-0.2, -0.15) is 0 Å². The van der Waals surface area contributed by atoms with Gasteiger partial charge in [-0.15, -0.1) is 0 Å². The molecule has 25 heavy (non-hydrogen) atoms. The smallest absolute Gasteiger partial charge is 0.269 e. The van der Waals surface area contributed by atoms with E-state index in [-0.39, 0.29) is 18.4 Å². The van der Waals surface area contributed by atoms with Crippen LogP contribution < -0.4 is 15.0 Å². The van der Waals surface area contributed by atoms with E-state index in [9.17, 15) is 9.59 Å². The number of carbonyl (C=O) groups excluding carboxylic acids is 2. The van der Waals surface area contributed by atoms with Gasteiger partial charge in [0.15, 0.2) is 6.10 Å². The molecular formula is C20H22N2O3. The minimum Gasteiger partial charge on any atom is -0.477 e. The van der Waals surface area contributed by atoms with Crippen LogP contribution in [-0.4, -0.2) is 31.5 Å². The zero-order chi connectivity index (χ0) is 18.0. The van der Waals surface area contributed by atoms with Crippen molar-refractivity contribution in [1.29, 1.82) is 0 Å². The van der Waals surface area contributed by atoms with Crippen LogP contribution >= 0.6 is 0 Å². The number of fused-ring (bicyclic) bond motifs is 1. The normalized spacial score (nSPS) is 16.4. The van der Waals surface area contributed by atoms with Crippen LogP contribution in [0.5, 0.6) is 5.75 Å². The molecule has 130 valence electrons. The van der Waals surface area contributed by atoms with E-state index in [0.29, 0.717) is 17.2 Å². The largest absolute Gasteiger partial charge is 0.477 e. The molecule has 1 aliphatic heterocycles. The third-order valence-corrected chi connectivity index (χ3v) is 4.39. The van der Waals surface area contributed by atoms with Gasteiger partial charge in [-0.1, -0.05) is 38.1 Å². The SMILES string of the molecule is CC(C)c1ccc(C(=O)NCC2Oc3ccccc3N(C)C2=O)cc1. The number of rotatable bonds is 4. The molecule has 5 nitrogen and oxygen atoms in total. The number of nitrogens with one attached hydrogen (secondary N) is 1. The number of para-hydroxylation sites is 2. The minimum atomic E-state index is -0.723. The molecule has 1 N–H and O–H groups in total. The van der Waals surface area contributed by atoms with E-state index in [1.165, 1.54) is 5.56 Å². The van der Waals surface area contributed by atoms with E-state index in [1.807, 2.05) is 36.4 Å². The maximum atomic E-state index is 12.4. The first-order chi connectivity index (χ1) is 12.0. The van der Waals surface area contributed by atoms with Crippen LogP contribution in [0.2, 0.25) is 0 Å². The number of carbonyl (C=O) groups is 2. The first-order valence-electron chi connectivity index (χ1n) is 8.39. The Balaban J connectivity index is 1.65.